The zero-order valence-electron chi connectivity index (χ0n) is 15.9. The van der Waals surface area contributed by atoms with Gasteiger partial charge in [-0.2, -0.15) is 4.31 Å². The van der Waals surface area contributed by atoms with Gasteiger partial charge < -0.3 is 10.1 Å². The second-order valence-electron chi connectivity index (χ2n) is 6.46. The van der Waals surface area contributed by atoms with E-state index in [1.54, 1.807) is 7.11 Å². The number of benzene rings is 2. The summed E-state index contributed by atoms with van der Waals surface area (Å²) in [6.07, 6.45) is 1.78. The maximum absolute atomic E-state index is 12.2. The summed E-state index contributed by atoms with van der Waals surface area (Å²) in [6.45, 7) is 2.38. The maximum Gasteiger partial charge on any atom is 0.235 e. The number of carbonyl (C=O) groups is 1. The normalized spacial score (nSPS) is 11.4. The van der Waals surface area contributed by atoms with Crippen molar-refractivity contribution in [2.75, 3.05) is 26.5 Å². The maximum atomic E-state index is 12.2. The van der Waals surface area contributed by atoms with Gasteiger partial charge in [-0.05, 0) is 36.6 Å². The largest absolute Gasteiger partial charge is 0.497 e. The van der Waals surface area contributed by atoms with E-state index in [4.69, 9.17) is 4.74 Å². The molecule has 0 aromatic heterocycles. The second-order valence-corrected chi connectivity index (χ2v) is 8.45. The molecule has 2 aromatic rings. The van der Waals surface area contributed by atoms with Crippen LogP contribution in [0.3, 0.4) is 0 Å². The second kappa shape index (κ2) is 9.53. The molecule has 0 fully saturated rings. The minimum absolute atomic E-state index is 0.172. The summed E-state index contributed by atoms with van der Waals surface area (Å²) in [5, 5.41) is 2.78. The van der Waals surface area contributed by atoms with Crippen molar-refractivity contribution in [1.82, 2.24) is 9.62 Å². The van der Waals surface area contributed by atoms with Gasteiger partial charge in [-0.1, -0.05) is 42.0 Å². The molecule has 27 heavy (non-hydrogen) atoms. The molecule has 0 aliphatic carbocycles. The fourth-order valence-electron chi connectivity index (χ4n) is 2.54. The fourth-order valence-corrected chi connectivity index (χ4v) is 3.28. The SMILES string of the molecule is COc1ccc(CCNC(=O)CN(Cc2ccc(C)cc2)S(C)(=O)=O)cc1. The summed E-state index contributed by atoms with van der Waals surface area (Å²) in [5.74, 6) is 0.462. The topological polar surface area (TPSA) is 75.7 Å². The molecule has 2 rings (SSSR count). The molecule has 0 heterocycles. The lowest BCUT2D eigenvalue weighted by Crippen LogP contribution is -2.40. The molecule has 0 saturated heterocycles. The van der Waals surface area contributed by atoms with E-state index in [0.29, 0.717) is 13.0 Å². The minimum atomic E-state index is -3.49. The highest BCUT2D eigenvalue weighted by molar-refractivity contribution is 7.88. The molecule has 6 nitrogen and oxygen atoms in total. The smallest absolute Gasteiger partial charge is 0.235 e. The zero-order valence-corrected chi connectivity index (χ0v) is 16.8. The van der Waals surface area contributed by atoms with Crippen molar-refractivity contribution in [3.8, 4) is 5.75 Å². The number of ether oxygens (including phenoxy) is 1. The first-order valence-corrected chi connectivity index (χ1v) is 10.5. The van der Waals surface area contributed by atoms with Crippen LogP contribution in [0.5, 0.6) is 5.75 Å². The Kier molecular flexibility index (Phi) is 7.38. The summed E-state index contributed by atoms with van der Waals surface area (Å²) in [6, 6.07) is 15.2. The lowest BCUT2D eigenvalue weighted by atomic mass is 10.1. The van der Waals surface area contributed by atoms with Gasteiger partial charge in [-0.3, -0.25) is 4.79 Å². The van der Waals surface area contributed by atoms with Crippen LogP contribution in [0.15, 0.2) is 48.5 Å². The monoisotopic (exact) mass is 390 g/mol. The van der Waals surface area contributed by atoms with Crippen LogP contribution in [0.4, 0.5) is 0 Å². The summed E-state index contributed by atoms with van der Waals surface area (Å²) >= 11 is 0. The number of amides is 1. The molecule has 2 aromatic carbocycles. The van der Waals surface area contributed by atoms with Crippen LogP contribution in [0.25, 0.3) is 0 Å². The lowest BCUT2D eigenvalue weighted by molar-refractivity contribution is -0.121. The van der Waals surface area contributed by atoms with E-state index in [2.05, 4.69) is 5.32 Å². The molecule has 0 saturated carbocycles. The van der Waals surface area contributed by atoms with E-state index in [9.17, 15) is 13.2 Å². The van der Waals surface area contributed by atoms with Crippen LogP contribution < -0.4 is 10.1 Å². The quantitative estimate of drug-likeness (QED) is 0.712. The van der Waals surface area contributed by atoms with Crippen molar-refractivity contribution in [3.63, 3.8) is 0 Å². The van der Waals surface area contributed by atoms with Gasteiger partial charge in [0.2, 0.25) is 15.9 Å². The van der Waals surface area contributed by atoms with E-state index in [-0.39, 0.29) is 19.0 Å². The van der Waals surface area contributed by atoms with Gasteiger partial charge in [0.05, 0.1) is 19.9 Å². The number of hydrogen-bond donors (Lipinski definition) is 1. The number of rotatable bonds is 9. The van der Waals surface area contributed by atoms with Crippen LogP contribution in [-0.4, -0.2) is 45.1 Å². The fraction of sp³-hybridized carbons (Fsp3) is 0.350. The van der Waals surface area contributed by atoms with E-state index in [0.717, 1.165) is 28.7 Å². The predicted octanol–water partition coefficient (Wildman–Crippen LogP) is 2.12. The Morgan fingerprint density at radius 2 is 1.63 bits per heavy atom. The molecule has 0 unspecified atom stereocenters. The van der Waals surface area contributed by atoms with Gasteiger partial charge in [-0.25, -0.2) is 8.42 Å². The average molecular weight is 391 g/mol. The summed E-state index contributed by atoms with van der Waals surface area (Å²) < 4.78 is 30.3. The Hall–Kier alpha value is -2.38. The predicted molar refractivity (Wildman–Crippen MR) is 106 cm³/mol. The van der Waals surface area contributed by atoms with Gasteiger partial charge in [0.15, 0.2) is 0 Å². The van der Waals surface area contributed by atoms with Crippen molar-refractivity contribution in [3.05, 3.63) is 65.2 Å². The molecular weight excluding hydrogens is 364 g/mol. The van der Waals surface area contributed by atoms with Crippen molar-refractivity contribution < 1.29 is 17.9 Å². The number of aryl methyl sites for hydroxylation is 1. The zero-order chi connectivity index (χ0) is 19.9. The van der Waals surface area contributed by atoms with E-state index >= 15 is 0 Å². The van der Waals surface area contributed by atoms with Crippen LogP contribution >= 0.6 is 0 Å². The Morgan fingerprint density at radius 1 is 1.04 bits per heavy atom. The number of methoxy groups -OCH3 is 1. The molecular formula is C20H26N2O4S. The lowest BCUT2D eigenvalue weighted by Gasteiger charge is -2.19. The van der Waals surface area contributed by atoms with E-state index in [1.165, 1.54) is 4.31 Å². The summed E-state index contributed by atoms with van der Waals surface area (Å²) in [7, 11) is -1.88. The molecule has 0 spiro atoms. The van der Waals surface area contributed by atoms with Gasteiger partial charge in [0.25, 0.3) is 0 Å². The third-order valence-electron chi connectivity index (χ3n) is 4.16. The van der Waals surface area contributed by atoms with Gasteiger partial charge in [0, 0.05) is 13.1 Å². The molecule has 0 bridgehead atoms. The van der Waals surface area contributed by atoms with Crippen molar-refractivity contribution in [1.29, 1.82) is 0 Å². The first-order chi connectivity index (χ1) is 12.8. The van der Waals surface area contributed by atoms with Gasteiger partial charge in [0.1, 0.15) is 5.75 Å². The van der Waals surface area contributed by atoms with Crippen molar-refractivity contribution in [2.24, 2.45) is 0 Å². The van der Waals surface area contributed by atoms with Crippen LogP contribution in [0, 0.1) is 6.92 Å². The van der Waals surface area contributed by atoms with Gasteiger partial charge >= 0.3 is 0 Å². The van der Waals surface area contributed by atoms with Crippen molar-refractivity contribution >= 4 is 15.9 Å². The van der Waals surface area contributed by atoms with Crippen molar-refractivity contribution in [2.45, 2.75) is 19.9 Å². The Labute approximate surface area is 161 Å². The number of hydrogen-bond acceptors (Lipinski definition) is 4. The Bertz CT molecular complexity index is 847. The highest BCUT2D eigenvalue weighted by Crippen LogP contribution is 2.12. The number of sulfonamides is 1. The van der Waals surface area contributed by atoms with Gasteiger partial charge in [-0.15, -0.1) is 0 Å². The summed E-state index contributed by atoms with van der Waals surface area (Å²) in [5.41, 5.74) is 3.01. The Morgan fingerprint density at radius 3 is 2.19 bits per heavy atom. The highest BCUT2D eigenvalue weighted by atomic mass is 32.2. The van der Waals surface area contributed by atoms with Crippen LogP contribution in [0.2, 0.25) is 0 Å². The molecule has 0 aliphatic rings. The molecule has 7 heteroatoms. The molecule has 1 N–H and O–H groups in total. The number of nitrogens with one attached hydrogen (secondary N) is 1. The highest BCUT2D eigenvalue weighted by Gasteiger charge is 2.20. The first-order valence-electron chi connectivity index (χ1n) is 8.68. The molecule has 146 valence electrons. The first kappa shape index (κ1) is 20.9. The third kappa shape index (κ3) is 7.03. The van der Waals surface area contributed by atoms with Crippen LogP contribution in [-0.2, 0) is 27.8 Å². The molecule has 1 amide bonds. The number of carbonyl (C=O) groups excluding carboxylic acids is 1. The van der Waals surface area contributed by atoms with E-state index < -0.39 is 10.0 Å². The van der Waals surface area contributed by atoms with E-state index in [1.807, 2.05) is 55.5 Å². The summed E-state index contributed by atoms with van der Waals surface area (Å²) in [4.78, 5) is 12.2. The number of nitrogens with zero attached hydrogens (tertiary/aromatic N) is 1. The average Bonchev–Trinajstić information content (AvgIpc) is 2.63. The Balaban J connectivity index is 1.88. The van der Waals surface area contributed by atoms with Crippen LogP contribution in [0.1, 0.15) is 16.7 Å². The third-order valence-corrected chi connectivity index (χ3v) is 5.36. The molecule has 0 atom stereocenters. The minimum Gasteiger partial charge on any atom is -0.497 e. The standard InChI is InChI=1S/C20H26N2O4S/c1-16-4-6-18(7-5-16)14-22(27(3,24)25)15-20(23)21-13-12-17-8-10-19(26-2)11-9-17/h4-11H,12-15H2,1-3H3,(H,21,23). The molecule has 0 radical (unpaired) electrons. The molecule has 0 aliphatic heterocycles.